The molecular weight excluding hydrogens is 334 g/mol. The molecule has 0 atom stereocenters. The fraction of sp³-hybridized carbons (Fsp3) is 0.267. The maximum Gasteiger partial charge on any atom is 0.272 e. The van der Waals surface area contributed by atoms with Gasteiger partial charge in [-0.3, -0.25) is 4.79 Å². The predicted molar refractivity (Wildman–Crippen MR) is 91.3 cm³/mol. The van der Waals surface area contributed by atoms with Crippen molar-refractivity contribution >= 4 is 33.4 Å². The summed E-state index contributed by atoms with van der Waals surface area (Å²) in [5.74, 6) is 1.22. The third-order valence-corrected chi connectivity index (χ3v) is 6.36. The summed E-state index contributed by atoms with van der Waals surface area (Å²) in [5.41, 5.74) is 0.878. The quantitative estimate of drug-likeness (QED) is 0.883. The number of anilines is 1. The van der Waals surface area contributed by atoms with Crippen LogP contribution in [-0.2, 0) is 10.0 Å². The zero-order valence-corrected chi connectivity index (χ0v) is 14.0. The summed E-state index contributed by atoms with van der Waals surface area (Å²) in [6, 6.07) is 10.4. The largest absolute Gasteiger partial charge is 0.356 e. The number of sulfonamides is 1. The minimum Gasteiger partial charge on any atom is -0.356 e. The van der Waals surface area contributed by atoms with E-state index in [2.05, 4.69) is 10.3 Å². The van der Waals surface area contributed by atoms with E-state index in [1.54, 1.807) is 23.9 Å². The fourth-order valence-electron chi connectivity index (χ4n) is 2.31. The lowest BCUT2D eigenvalue weighted by atomic mass is 10.3. The normalized spacial score (nSPS) is 16.2. The van der Waals surface area contributed by atoms with E-state index in [1.807, 2.05) is 18.2 Å². The van der Waals surface area contributed by atoms with Gasteiger partial charge in [-0.1, -0.05) is 18.2 Å². The first-order valence-electron chi connectivity index (χ1n) is 7.20. The molecule has 2 aromatic rings. The van der Waals surface area contributed by atoms with Crippen LogP contribution in [0.15, 0.2) is 47.5 Å². The number of para-hydroxylation sites is 1. The van der Waals surface area contributed by atoms with Crippen molar-refractivity contribution < 1.29 is 13.2 Å². The van der Waals surface area contributed by atoms with Gasteiger partial charge in [0.05, 0.1) is 0 Å². The zero-order chi connectivity index (χ0) is 16.3. The van der Waals surface area contributed by atoms with E-state index in [-0.39, 0.29) is 16.5 Å². The molecule has 8 heteroatoms. The van der Waals surface area contributed by atoms with Crippen molar-refractivity contribution in [1.29, 1.82) is 0 Å². The number of carbonyl (C=O) groups excluding carboxylic acids is 1. The molecule has 0 spiro atoms. The highest BCUT2D eigenvalue weighted by atomic mass is 32.2. The van der Waals surface area contributed by atoms with Gasteiger partial charge in [0.1, 0.15) is 10.6 Å². The van der Waals surface area contributed by atoms with Crippen molar-refractivity contribution in [2.24, 2.45) is 0 Å². The first-order valence-corrected chi connectivity index (χ1v) is 9.79. The molecule has 0 radical (unpaired) electrons. The minimum absolute atomic E-state index is 0.127. The van der Waals surface area contributed by atoms with Gasteiger partial charge < -0.3 is 10.3 Å². The molecule has 2 heterocycles. The molecule has 1 aliphatic heterocycles. The van der Waals surface area contributed by atoms with E-state index in [0.717, 1.165) is 11.5 Å². The maximum atomic E-state index is 12.5. The van der Waals surface area contributed by atoms with E-state index in [4.69, 9.17) is 0 Å². The second-order valence-corrected chi connectivity index (χ2v) is 8.25. The van der Waals surface area contributed by atoms with Gasteiger partial charge >= 0.3 is 0 Å². The monoisotopic (exact) mass is 351 g/mol. The van der Waals surface area contributed by atoms with Crippen molar-refractivity contribution in [3.63, 3.8) is 0 Å². The summed E-state index contributed by atoms with van der Waals surface area (Å²) in [6.45, 7) is 1.01. The molecule has 0 saturated carbocycles. The van der Waals surface area contributed by atoms with Crippen LogP contribution in [0.3, 0.4) is 0 Å². The Labute approximate surface area is 139 Å². The lowest BCUT2D eigenvalue weighted by Gasteiger charge is -2.24. The number of amides is 1. The van der Waals surface area contributed by atoms with Crippen LogP contribution in [0.25, 0.3) is 0 Å². The van der Waals surface area contributed by atoms with Crippen LogP contribution in [0.2, 0.25) is 0 Å². The average Bonchev–Trinajstić information content (AvgIpc) is 3.07. The molecule has 1 aromatic carbocycles. The number of nitrogens with one attached hydrogen (secondary N) is 2. The van der Waals surface area contributed by atoms with Crippen molar-refractivity contribution in [2.75, 3.05) is 29.9 Å². The fourth-order valence-corrected chi connectivity index (χ4v) is 4.88. The molecule has 0 unspecified atom stereocenters. The van der Waals surface area contributed by atoms with Crippen molar-refractivity contribution in [3.05, 3.63) is 48.3 Å². The van der Waals surface area contributed by atoms with Crippen LogP contribution < -0.4 is 5.32 Å². The predicted octanol–water partition coefficient (Wildman–Crippen LogP) is 2.00. The molecule has 3 rings (SSSR count). The molecule has 1 aromatic heterocycles. The molecule has 6 nitrogen and oxygen atoms in total. The summed E-state index contributed by atoms with van der Waals surface area (Å²) in [6.07, 6.45) is 1.37. The van der Waals surface area contributed by atoms with Crippen LogP contribution in [0.1, 0.15) is 10.5 Å². The molecule has 0 bridgehead atoms. The van der Waals surface area contributed by atoms with Crippen LogP contribution in [0, 0.1) is 0 Å². The zero-order valence-electron chi connectivity index (χ0n) is 12.4. The maximum absolute atomic E-state index is 12.5. The summed E-state index contributed by atoms with van der Waals surface area (Å²) >= 11 is 1.74. The molecule has 0 aliphatic carbocycles. The number of rotatable bonds is 4. The number of nitrogens with zero attached hydrogens (tertiary/aromatic N) is 1. The number of benzene rings is 1. The van der Waals surface area contributed by atoms with Gasteiger partial charge in [-0.15, -0.1) is 0 Å². The Morgan fingerprint density at radius 1 is 1.17 bits per heavy atom. The Bertz CT molecular complexity index is 781. The summed E-state index contributed by atoms with van der Waals surface area (Å²) in [4.78, 5) is 15.1. The second-order valence-electron chi connectivity index (χ2n) is 5.09. The summed E-state index contributed by atoms with van der Waals surface area (Å²) in [7, 11) is -3.54. The summed E-state index contributed by atoms with van der Waals surface area (Å²) in [5, 5.41) is 2.72. The number of aromatic nitrogens is 1. The molecule has 1 aliphatic rings. The van der Waals surface area contributed by atoms with Gasteiger partial charge in [0.15, 0.2) is 0 Å². The van der Waals surface area contributed by atoms with E-state index in [9.17, 15) is 13.2 Å². The van der Waals surface area contributed by atoms with Crippen molar-refractivity contribution in [1.82, 2.24) is 9.29 Å². The van der Waals surface area contributed by atoms with E-state index < -0.39 is 10.0 Å². The number of hydrogen-bond acceptors (Lipinski definition) is 4. The SMILES string of the molecule is O=C(Nc1ccccc1)c1cc(S(=O)(=O)N2CCSCC2)c[nH]1. The third kappa shape index (κ3) is 3.60. The Morgan fingerprint density at radius 3 is 2.57 bits per heavy atom. The Balaban J connectivity index is 1.76. The standard InChI is InChI=1S/C15H17N3O3S2/c19-15(17-12-4-2-1-3-5-12)14-10-13(11-16-14)23(20,21)18-6-8-22-9-7-18/h1-5,10-11,16H,6-9H2,(H,17,19). The highest BCUT2D eigenvalue weighted by Crippen LogP contribution is 2.21. The topological polar surface area (TPSA) is 82.3 Å². The Kier molecular flexibility index (Phi) is 4.74. The second kappa shape index (κ2) is 6.77. The molecule has 1 saturated heterocycles. The van der Waals surface area contributed by atoms with E-state index in [1.165, 1.54) is 16.6 Å². The molecule has 122 valence electrons. The highest BCUT2D eigenvalue weighted by molar-refractivity contribution is 7.99. The lowest BCUT2D eigenvalue weighted by molar-refractivity contribution is 0.102. The van der Waals surface area contributed by atoms with Crippen LogP contribution in [-0.4, -0.2) is 48.2 Å². The lowest BCUT2D eigenvalue weighted by Crippen LogP contribution is -2.37. The molecule has 1 fully saturated rings. The number of hydrogen-bond donors (Lipinski definition) is 2. The third-order valence-electron chi connectivity index (χ3n) is 3.54. The van der Waals surface area contributed by atoms with Gasteiger partial charge in [0.2, 0.25) is 10.0 Å². The van der Waals surface area contributed by atoms with Gasteiger partial charge in [0.25, 0.3) is 5.91 Å². The molecular formula is C15H17N3O3S2. The minimum atomic E-state index is -3.54. The first-order chi connectivity index (χ1) is 11.1. The highest BCUT2D eigenvalue weighted by Gasteiger charge is 2.27. The molecule has 2 N–H and O–H groups in total. The Hall–Kier alpha value is -1.77. The van der Waals surface area contributed by atoms with E-state index >= 15 is 0 Å². The number of aromatic amines is 1. The van der Waals surface area contributed by atoms with Crippen LogP contribution in [0.5, 0.6) is 0 Å². The molecule has 1 amide bonds. The van der Waals surface area contributed by atoms with Gasteiger partial charge in [-0.05, 0) is 18.2 Å². The number of carbonyl (C=O) groups is 1. The molecule has 23 heavy (non-hydrogen) atoms. The van der Waals surface area contributed by atoms with Crippen molar-refractivity contribution in [3.8, 4) is 0 Å². The van der Waals surface area contributed by atoms with Crippen LogP contribution >= 0.6 is 11.8 Å². The average molecular weight is 351 g/mol. The number of H-pyrrole nitrogens is 1. The van der Waals surface area contributed by atoms with Gasteiger partial charge in [-0.25, -0.2) is 8.42 Å². The first kappa shape index (κ1) is 16.1. The van der Waals surface area contributed by atoms with E-state index in [0.29, 0.717) is 18.8 Å². The smallest absolute Gasteiger partial charge is 0.272 e. The van der Waals surface area contributed by atoms with Gasteiger partial charge in [-0.2, -0.15) is 16.1 Å². The van der Waals surface area contributed by atoms with Gasteiger partial charge in [0, 0.05) is 36.5 Å². The van der Waals surface area contributed by atoms with Crippen LogP contribution in [0.4, 0.5) is 5.69 Å². The van der Waals surface area contributed by atoms with Crippen molar-refractivity contribution in [2.45, 2.75) is 4.90 Å². The Morgan fingerprint density at radius 2 is 1.87 bits per heavy atom. The number of thioether (sulfide) groups is 1. The summed E-state index contributed by atoms with van der Waals surface area (Å²) < 4.78 is 26.6.